The third-order valence-electron chi connectivity index (χ3n) is 2.56. The van der Waals surface area contributed by atoms with E-state index in [1.54, 1.807) is 0 Å². The number of sulfonamides is 1. The lowest BCUT2D eigenvalue weighted by Crippen LogP contribution is -2.24. The number of aromatic amines is 1. The standard InChI is InChI=1S/C10H12FN5O2S/c1-6-8(11)2-7(3-9(6)12)19(17,18)15-4-10-13-5-14-16-10/h2-3,5,15H,4,12H2,1H3,(H,13,14,16). The first-order chi connectivity index (χ1) is 8.90. The largest absolute Gasteiger partial charge is 0.398 e. The molecule has 19 heavy (non-hydrogen) atoms. The summed E-state index contributed by atoms with van der Waals surface area (Å²) in [6.07, 6.45) is 1.26. The first-order valence-electron chi connectivity index (χ1n) is 5.29. The highest BCUT2D eigenvalue weighted by Gasteiger charge is 2.17. The molecule has 4 N–H and O–H groups in total. The van der Waals surface area contributed by atoms with Crippen molar-refractivity contribution in [2.24, 2.45) is 0 Å². The predicted octanol–water partition coefficient (Wildman–Crippen LogP) is 0.313. The molecule has 0 atom stereocenters. The monoisotopic (exact) mass is 285 g/mol. The summed E-state index contributed by atoms with van der Waals surface area (Å²) in [5.74, 6) is -0.316. The van der Waals surface area contributed by atoms with Gasteiger partial charge in [-0.05, 0) is 19.1 Å². The number of anilines is 1. The number of aromatic nitrogens is 3. The highest BCUT2D eigenvalue weighted by atomic mass is 32.2. The summed E-state index contributed by atoms with van der Waals surface area (Å²) >= 11 is 0. The zero-order valence-corrected chi connectivity index (χ0v) is 10.8. The van der Waals surface area contributed by atoms with E-state index >= 15 is 0 Å². The van der Waals surface area contributed by atoms with Gasteiger partial charge in [-0.2, -0.15) is 5.10 Å². The summed E-state index contributed by atoms with van der Waals surface area (Å²) in [5.41, 5.74) is 5.85. The highest BCUT2D eigenvalue weighted by Crippen LogP contribution is 2.20. The molecule has 0 aliphatic rings. The van der Waals surface area contributed by atoms with E-state index in [4.69, 9.17) is 5.73 Å². The summed E-state index contributed by atoms with van der Waals surface area (Å²) in [5, 5.41) is 6.09. The maximum absolute atomic E-state index is 13.5. The second-order valence-corrected chi connectivity index (χ2v) is 5.64. The number of rotatable bonds is 4. The number of nitrogens with two attached hydrogens (primary N) is 1. The van der Waals surface area contributed by atoms with Gasteiger partial charge in [0.25, 0.3) is 0 Å². The van der Waals surface area contributed by atoms with Gasteiger partial charge in [0.15, 0.2) is 0 Å². The van der Waals surface area contributed by atoms with Gasteiger partial charge in [-0.15, -0.1) is 0 Å². The lowest BCUT2D eigenvalue weighted by Gasteiger charge is -2.08. The van der Waals surface area contributed by atoms with Crippen LogP contribution in [0.25, 0.3) is 0 Å². The fourth-order valence-electron chi connectivity index (χ4n) is 1.39. The van der Waals surface area contributed by atoms with Crippen LogP contribution in [0, 0.1) is 12.7 Å². The summed E-state index contributed by atoms with van der Waals surface area (Å²) in [4.78, 5) is 3.54. The van der Waals surface area contributed by atoms with E-state index in [0.717, 1.165) is 6.07 Å². The molecule has 2 aromatic rings. The number of nitrogens with zero attached hydrogens (tertiary/aromatic N) is 2. The van der Waals surface area contributed by atoms with Gasteiger partial charge in [0.2, 0.25) is 10.0 Å². The SMILES string of the molecule is Cc1c(N)cc(S(=O)(=O)NCc2ncn[nH]2)cc1F. The Morgan fingerprint density at radius 3 is 2.79 bits per heavy atom. The van der Waals surface area contributed by atoms with Gasteiger partial charge >= 0.3 is 0 Å². The Labute approximate surface area is 109 Å². The third kappa shape index (κ3) is 2.88. The molecule has 0 unspecified atom stereocenters. The van der Waals surface area contributed by atoms with Crippen molar-refractivity contribution < 1.29 is 12.8 Å². The van der Waals surface area contributed by atoms with E-state index in [1.807, 2.05) is 0 Å². The average Bonchev–Trinajstić information content (AvgIpc) is 2.86. The van der Waals surface area contributed by atoms with E-state index in [9.17, 15) is 12.8 Å². The summed E-state index contributed by atoms with van der Waals surface area (Å²) in [6.45, 7) is 1.40. The minimum Gasteiger partial charge on any atom is -0.398 e. The van der Waals surface area contributed by atoms with Crippen molar-refractivity contribution in [1.29, 1.82) is 0 Å². The smallest absolute Gasteiger partial charge is 0.241 e. The van der Waals surface area contributed by atoms with Gasteiger partial charge in [-0.3, -0.25) is 5.10 Å². The zero-order chi connectivity index (χ0) is 14.0. The van der Waals surface area contributed by atoms with Crippen molar-refractivity contribution in [3.63, 3.8) is 0 Å². The number of hydrogen-bond acceptors (Lipinski definition) is 5. The van der Waals surface area contributed by atoms with Crippen molar-refractivity contribution in [2.45, 2.75) is 18.4 Å². The normalized spacial score (nSPS) is 11.7. The Bertz CT molecular complexity index is 661. The Morgan fingerprint density at radius 1 is 1.47 bits per heavy atom. The molecule has 0 fully saturated rings. The molecule has 1 aromatic heterocycles. The van der Waals surface area contributed by atoms with Crippen molar-refractivity contribution in [2.75, 3.05) is 5.73 Å². The van der Waals surface area contributed by atoms with Crippen molar-refractivity contribution in [3.8, 4) is 0 Å². The minimum atomic E-state index is -3.86. The summed E-state index contributed by atoms with van der Waals surface area (Å²) in [7, 11) is -3.86. The molecule has 1 heterocycles. The summed E-state index contributed by atoms with van der Waals surface area (Å²) < 4.78 is 39.6. The number of halogens is 1. The molecule has 0 saturated carbocycles. The first-order valence-corrected chi connectivity index (χ1v) is 6.78. The third-order valence-corrected chi connectivity index (χ3v) is 3.94. The Morgan fingerprint density at radius 2 is 2.21 bits per heavy atom. The van der Waals surface area contributed by atoms with Crippen LogP contribution >= 0.6 is 0 Å². The quantitative estimate of drug-likeness (QED) is 0.700. The predicted molar refractivity (Wildman–Crippen MR) is 66.0 cm³/mol. The molecule has 0 saturated heterocycles. The molecular weight excluding hydrogens is 273 g/mol. The molecule has 1 aromatic carbocycles. The molecule has 0 spiro atoms. The van der Waals surface area contributed by atoms with Crippen LogP contribution in [0.5, 0.6) is 0 Å². The van der Waals surface area contributed by atoms with Crippen LogP contribution in [0.1, 0.15) is 11.4 Å². The minimum absolute atomic E-state index is 0.0717. The van der Waals surface area contributed by atoms with Crippen LogP contribution < -0.4 is 10.5 Å². The maximum Gasteiger partial charge on any atom is 0.241 e. The Kier molecular flexibility index (Phi) is 3.49. The molecule has 2 rings (SSSR count). The van der Waals surface area contributed by atoms with Crippen molar-refractivity contribution in [3.05, 3.63) is 35.7 Å². The Hall–Kier alpha value is -2.00. The van der Waals surface area contributed by atoms with Gasteiger partial charge in [0.05, 0.1) is 11.4 Å². The lowest BCUT2D eigenvalue weighted by atomic mass is 10.2. The molecule has 0 amide bonds. The fraction of sp³-hybridized carbons (Fsp3) is 0.200. The van der Waals surface area contributed by atoms with Crippen LogP contribution in [0.3, 0.4) is 0 Å². The van der Waals surface area contributed by atoms with Crippen molar-refractivity contribution >= 4 is 15.7 Å². The number of H-pyrrole nitrogens is 1. The molecule has 0 bridgehead atoms. The number of hydrogen-bond donors (Lipinski definition) is 3. The topological polar surface area (TPSA) is 114 Å². The van der Waals surface area contributed by atoms with Crippen LogP contribution in [0.4, 0.5) is 10.1 Å². The highest BCUT2D eigenvalue weighted by molar-refractivity contribution is 7.89. The van der Waals surface area contributed by atoms with Gasteiger partial charge < -0.3 is 5.73 Å². The molecule has 9 heteroatoms. The number of nitrogens with one attached hydrogen (secondary N) is 2. The Balaban J connectivity index is 2.24. The molecule has 0 aliphatic carbocycles. The lowest BCUT2D eigenvalue weighted by molar-refractivity contribution is 0.575. The average molecular weight is 285 g/mol. The molecular formula is C10H12FN5O2S. The molecule has 7 nitrogen and oxygen atoms in total. The van der Waals surface area contributed by atoms with Crippen LogP contribution in [0.2, 0.25) is 0 Å². The number of nitrogen functional groups attached to an aromatic ring is 1. The van der Waals surface area contributed by atoms with Gasteiger partial charge in [-0.1, -0.05) is 0 Å². The van der Waals surface area contributed by atoms with Crippen LogP contribution in [-0.4, -0.2) is 23.6 Å². The first kappa shape index (κ1) is 13.4. The maximum atomic E-state index is 13.5. The van der Waals surface area contributed by atoms with Crippen LogP contribution in [-0.2, 0) is 16.6 Å². The van der Waals surface area contributed by atoms with Crippen molar-refractivity contribution in [1.82, 2.24) is 19.9 Å². The van der Waals surface area contributed by atoms with Crippen LogP contribution in [0.15, 0.2) is 23.4 Å². The molecule has 102 valence electrons. The van der Waals surface area contributed by atoms with E-state index in [1.165, 1.54) is 19.3 Å². The van der Waals surface area contributed by atoms with Gasteiger partial charge in [-0.25, -0.2) is 22.5 Å². The molecule has 0 radical (unpaired) electrons. The van der Waals surface area contributed by atoms with E-state index in [2.05, 4.69) is 19.9 Å². The van der Waals surface area contributed by atoms with Gasteiger partial charge in [0.1, 0.15) is 18.0 Å². The van der Waals surface area contributed by atoms with E-state index in [-0.39, 0.29) is 22.7 Å². The second-order valence-electron chi connectivity index (χ2n) is 3.88. The summed E-state index contributed by atoms with van der Waals surface area (Å²) in [6, 6.07) is 2.13. The fourth-order valence-corrected chi connectivity index (χ4v) is 2.43. The van der Waals surface area contributed by atoms with E-state index < -0.39 is 15.8 Å². The second kappa shape index (κ2) is 4.94. The zero-order valence-electron chi connectivity index (χ0n) is 10.0. The van der Waals surface area contributed by atoms with Gasteiger partial charge in [0, 0.05) is 11.3 Å². The number of benzene rings is 1. The van der Waals surface area contributed by atoms with E-state index in [0.29, 0.717) is 5.82 Å². The molecule has 0 aliphatic heterocycles.